The molecular formula is C41H40N4O4. The minimum absolute atomic E-state index is 0.0462. The second kappa shape index (κ2) is 15.0. The van der Waals surface area contributed by atoms with Gasteiger partial charge in [0, 0.05) is 55.6 Å². The van der Waals surface area contributed by atoms with Crippen LogP contribution in [0, 0.1) is 6.92 Å². The molecule has 49 heavy (non-hydrogen) atoms. The van der Waals surface area contributed by atoms with Gasteiger partial charge in [-0.15, -0.1) is 0 Å². The average Bonchev–Trinajstić information content (AvgIpc) is 3.14. The van der Waals surface area contributed by atoms with Crippen molar-refractivity contribution in [3.8, 4) is 16.9 Å². The highest BCUT2D eigenvalue weighted by atomic mass is 16.5. The summed E-state index contributed by atoms with van der Waals surface area (Å²) in [5.74, 6) is 0.164. The van der Waals surface area contributed by atoms with Crippen molar-refractivity contribution in [1.82, 2.24) is 9.80 Å². The van der Waals surface area contributed by atoms with Crippen LogP contribution >= 0.6 is 0 Å². The second-order valence-corrected chi connectivity index (χ2v) is 12.4. The van der Waals surface area contributed by atoms with E-state index in [0.29, 0.717) is 33.8 Å². The van der Waals surface area contributed by atoms with Gasteiger partial charge in [0.1, 0.15) is 12.4 Å². The number of nitrogens with zero attached hydrogens (tertiary/aromatic N) is 3. The highest BCUT2D eigenvalue weighted by Gasteiger charge is 2.21. The van der Waals surface area contributed by atoms with Crippen LogP contribution in [-0.2, 0) is 6.61 Å². The van der Waals surface area contributed by atoms with Gasteiger partial charge in [-0.1, -0.05) is 72.3 Å². The number of benzene rings is 5. The van der Waals surface area contributed by atoms with Crippen molar-refractivity contribution in [2.45, 2.75) is 13.5 Å². The van der Waals surface area contributed by atoms with Gasteiger partial charge in [0.25, 0.3) is 17.7 Å². The number of piperazine rings is 1. The van der Waals surface area contributed by atoms with Crippen molar-refractivity contribution in [3.05, 3.63) is 149 Å². The number of hydrogen-bond donors (Lipinski definition) is 1. The number of carbonyl (C=O) groups is 3. The van der Waals surface area contributed by atoms with Crippen molar-refractivity contribution in [3.63, 3.8) is 0 Å². The fourth-order valence-electron chi connectivity index (χ4n) is 5.82. The van der Waals surface area contributed by atoms with E-state index in [1.165, 1.54) is 0 Å². The van der Waals surface area contributed by atoms with E-state index in [4.69, 9.17) is 4.74 Å². The zero-order valence-electron chi connectivity index (χ0n) is 28.1. The standard InChI is InChI=1S/C41H40N4O4/c1-29-12-16-31(17-13-29)35-8-4-5-9-36(35)39(46)42-34-22-20-32(21-23-34)40(47)44(3)37-10-6-7-11-38(37)49-28-30-14-18-33(19-15-30)41(48)45-26-24-43(2)25-27-45/h4-23H,24-28H2,1-3H3,(H,42,46). The smallest absolute Gasteiger partial charge is 0.258 e. The zero-order valence-corrected chi connectivity index (χ0v) is 28.1. The molecule has 1 saturated heterocycles. The van der Waals surface area contributed by atoms with Crippen LogP contribution in [-0.4, -0.2) is 67.8 Å². The van der Waals surface area contributed by atoms with E-state index in [9.17, 15) is 14.4 Å². The van der Waals surface area contributed by atoms with E-state index < -0.39 is 0 Å². The maximum Gasteiger partial charge on any atom is 0.258 e. The summed E-state index contributed by atoms with van der Waals surface area (Å²) in [6, 6.07) is 37.3. The lowest BCUT2D eigenvalue weighted by Gasteiger charge is -2.32. The van der Waals surface area contributed by atoms with Crippen LogP contribution < -0.4 is 15.0 Å². The number of ether oxygens (including phenoxy) is 1. The number of anilines is 2. The number of likely N-dealkylation sites (N-methyl/N-ethyl adjacent to an activating group) is 1. The molecular weight excluding hydrogens is 612 g/mol. The minimum atomic E-state index is -0.227. The third kappa shape index (κ3) is 7.88. The van der Waals surface area contributed by atoms with Crippen LogP contribution in [0.3, 0.4) is 0 Å². The molecule has 0 atom stereocenters. The summed E-state index contributed by atoms with van der Waals surface area (Å²) >= 11 is 0. The summed E-state index contributed by atoms with van der Waals surface area (Å²) in [5, 5.41) is 2.97. The van der Waals surface area contributed by atoms with Crippen molar-refractivity contribution >= 4 is 29.1 Å². The van der Waals surface area contributed by atoms with Gasteiger partial charge in [-0.3, -0.25) is 14.4 Å². The molecule has 0 bridgehead atoms. The molecule has 5 aromatic carbocycles. The lowest BCUT2D eigenvalue weighted by Crippen LogP contribution is -2.47. The lowest BCUT2D eigenvalue weighted by atomic mass is 9.98. The maximum absolute atomic E-state index is 13.5. The van der Waals surface area contributed by atoms with E-state index in [2.05, 4.69) is 17.3 Å². The van der Waals surface area contributed by atoms with E-state index in [1.54, 1.807) is 36.2 Å². The van der Waals surface area contributed by atoms with E-state index >= 15 is 0 Å². The molecule has 3 amide bonds. The fourth-order valence-corrected chi connectivity index (χ4v) is 5.82. The normalized spacial score (nSPS) is 13.1. The monoisotopic (exact) mass is 652 g/mol. The summed E-state index contributed by atoms with van der Waals surface area (Å²) in [6.45, 7) is 5.53. The number of hydrogen-bond acceptors (Lipinski definition) is 5. The van der Waals surface area contributed by atoms with Crippen molar-refractivity contribution in [2.75, 3.05) is 50.5 Å². The van der Waals surface area contributed by atoms with Gasteiger partial charge in [0.2, 0.25) is 0 Å². The molecule has 0 saturated carbocycles. The summed E-state index contributed by atoms with van der Waals surface area (Å²) in [4.78, 5) is 45.4. The Labute approximate surface area is 287 Å². The zero-order chi connectivity index (χ0) is 34.3. The van der Waals surface area contributed by atoms with Gasteiger partial charge in [0.15, 0.2) is 0 Å². The maximum atomic E-state index is 13.5. The molecule has 0 aromatic heterocycles. The summed E-state index contributed by atoms with van der Waals surface area (Å²) in [5.41, 5.74) is 6.79. The topological polar surface area (TPSA) is 82.2 Å². The average molecular weight is 653 g/mol. The summed E-state index contributed by atoms with van der Waals surface area (Å²) in [6.07, 6.45) is 0. The van der Waals surface area contributed by atoms with E-state index in [-0.39, 0.29) is 24.3 Å². The van der Waals surface area contributed by atoms with Crippen LogP contribution in [0.2, 0.25) is 0 Å². The Kier molecular flexibility index (Phi) is 10.2. The Hall–Kier alpha value is -5.73. The lowest BCUT2D eigenvalue weighted by molar-refractivity contribution is 0.0663. The quantitative estimate of drug-likeness (QED) is 0.183. The number of para-hydroxylation sites is 2. The van der Waals surface area contributed by atoms with Gasteiger partial charge in [0.05, 0.1) is 5.69 Å². The van der Waals surface area contributed by atoms with Crippen molar-refractivity contribution in [2.24, 2.45) is 0 Å². The molecule has 0 radical (unpaired) electrons. The molecule has 1 aliphatic rings. The van der Waals surface area contributed by atoms with Gasteiger partial charge in [-0.05, 0) is 85.3 Å². The molecule has 248 valence electrons. The Morgan fingerprint density at radius 3 is 2.08 bits per heavy atom. The van der Waals surface area contributed by atoms with Gasteiger partial charge in [-0.2, -0.15) is 0 Å². The molecule has 1 N–H and O–H groups in total. The molecule has 1 heterocycles. The Morgan fingerprint density at radius 1 is 0.735 bits per heavy atom. The number of aryl methyl sites for hydroxylation is 1. The molecule has 0 spiro atoms. The van der Waals surface area contributed by atoms with Crippen molar-refractivity contribution in [1.29, 1.82) is 0 Å². The van der Waals surface area contributed by atoms with Crippen LogP contribution in [0.15, 0.2) is 121 Å². The molecule has 6 rings (SSSR count). The Morgan fingerprint density at radius 2 is 1.37 bits per heavy atom. The highest BCUT2D eigenvalue weighted by Crippen LogP contribution is 2.30. The minimum Gasteiger partial charge on any atom is -0.487 e. The van der Waals surface area contributed by atoms with Gasteiger partial charge in [-0.25, -0.2) is 0 Å². The number of rotatable bonds is 9. The largest absolute Gasteiger partial charge is 0.487 e. The van der Waals surface area contributed by atoms with Gasteiger partial charge >= 0.3 is 0 Å². The summed E-state index contributed by atoms with van der Waals surface area (Å²) < 4.78 is 6.17. The Balaban J connectivity index is 1.08. The second-order valence-electron chi connectivity index (χ2n) is 12.4. The number of nitrogens with one attached hydrogen (secondary N) is 1. The molecule has 1 aliphatic heterocycles. The van der Waals surface area contributed by atoms with Gasteiger partial charge < -0.3 is 24.8 Å². The SMILES string of the molecule is Cc1ccc(-c2ccccc2C(=O)Nc2ccc(C(=O)N(C)c3ccccc3OCc3ccc(C(=O)N4CCN(C)CC4)cc3)cc2)cc1. The predicted molar refractivity (Wildman–Crippen MR) is 194 cm³/mol. The van der Waals surface area contributed by atoms with Crippen LogP contribution in [0.4, 0.5) is 11.4 Å². The molecule has 0 aliphatic carbocycles. The summed E-state index contributed by atoms with van der Waals surface area (Å²) in [7, 11) is 3.78. The molecule has 0 unspecified atom stereocenters. The molecule has 8 heteroatoms. The number of carbonyl (C=O) groups excluding carboxylic acids is 3. The molecule has 5 aromatic rings. The third-order valence-electron chi connectivity index (χ3n) is 8.84. The van der Waals surface area contributed by atoms with Crippen LogP contribution in [0.1, 0.15) is 42.2 Å². The first-order valence-electron chi connectivity index (χ1n) is 16.4. The fraction of sp³-hybridized carbons (Fsp3) is 0.195. The molecule has 1 fully saturated rings. The highest BCUT2D eigenvalue weighted by molar-refractivity contribution is 6.09. The first-order chi connectivity index (χ1) is 23.8. The first kappa shape index (κ1) is 33.2. The van der Waals surface area contributed by atoms with E-state index in [1.807, 2.05) is 109 Å². The first-order valence-corrected chi connectivity index (χ1v) is 16.4. The predicted octanol–water partition coefficient (Wildman–Crippen LogP) is 7.16. The number of amides is 3. The van der Waals surface area contributed by atoms with Crippen LogP contribution in [0.25, 0.3) is 11.1 Å². The Bertz CT molecular complexity index is 1930. The van der Waals surface area contributed by atoms with Crippen molar-refractivity contribution < 1.29 is 19.1 Å². The van der Waals surface area contributed by atoms with E-state index in [0.717, 1.165) is 48.4 Å². The molecule has 8 nitrogen and oxygen atoms in total. The third-order valence-corrected chi connectivity index (χ3v) is 8.84. The van der Waals surface area contributed by atoms with Crippen LogP contribution in [0.5, 0.6) is 5.75 Å².